The number of ether oxygens (including phenoxy) is 3. The van der Waals surface area contributed by atoms with E-state index in [-0.39, 0.29) is 12.2 Å². The summed E-state index contributed by atoms with van der Waals surface area (Å²) in [6.45, 7) is 3.13. The number of halogens is 1. The van der Waals surface area contributed by atoms with Crippen LogP contribution >= 0.6 is 0 Å². The van der Waals surface area contributed by atoms with E-state index < -0.39 is 11.8 Å². The van der Waals surface area contributed by atoms with E-state index in [2.05, 4.69) is 22.2 Å². The Morgan fingerprint density at radius 2 is 1.97 bits per heavy atom. The smallest absolute Gasteiger partial charge is 0.307 e. The lowest BCUT2D eigenvalue weighted by molar-refractivity contribution is -0.136. The van der Waals surface area contributed by atoms with Gasteiger partial charge in [-0.3, -0.25) is 4.79 Å². The summed E-state index contributed by atoms with van der Waals surface area (Å²) in [7, 11) is 1.49. The molecule has 0 saturated carbocycles. The number of carbonyl (C=O) groups is 1. The second kappa shape index (κ2) is 11.0. The first kappa shape index (κ1) is 24.3. The van der Waals surface area contributed by atoms with E-state index in [4.69, 9.17) is 14.2 Å². The lowest BCUT2D eigenvalue weighted by Gasteiger charge is -2.22. The van der Waals surface area contributed by atoms with Crippen molar-refractivity contribution in [2.24, 2.45) is 0 Å². The number of fused-ring (bicyclic) bond motifs is 1. The number of hydrogen-bond donors (Lipinski definition) is 2. The van der Waals surface area contributed by atoms with Crippen LogP contribution in [0.2, 0.25) is 0 Å². The minimum absolute atomic E-state index is 0.00786. The van der Waals surface area contributed by atoms with Crippen LogP contribution < -0.4 is 19.5 Å². The van der Waals surface area contributed by atoms with Gasteiger partial charge in [-0.2, -0.15) is 0 Å². The second-order valence-electron chi connectivity index (χ2n) is 8.16. The van der Waals surface area contributed by atoms with Crippen molar-refractivity contribution < 1.29 is 28.5 Å². The van der Waals surface area contributed by atoms with Gasteiger partial charge in [-0.15, -0.1) is 0 Å². The van der Waals surface area contributed by atoms with E-state index in [1.165, 1.54) is 13.4 Å². The van der Waals surface area contributed by atoms with Crippen molar-refractivity contribution in [3.63, 3.8) is 0 Å². The minimum atomic E-state index is -0.852. The number of benzene rings is 2. The number of nitrogens with one attached hydrogen (secondary N) is 1. The lowest BCUT2D eigenvalue weighted by atomic mass is 9.97. The number of carboxylic acid groups (broad SMARTS) is 1. The van der Waals surface area contributed by atoms with Gasteiger partial charge in [0.1, 0.15) is 31.1 Å². The number of nitrogens with zero attached hydrogens (tertiary/aromatic N) is 2. The maximum atomic E-state index is 15.1. The zero-order valence-corrected chi connectivity index (χ0v) is 19.8. The van der Waals surface area contributed by atoms with Gasteiger partial charge in [-0.1, -0.05) is 25.5 Å². The lowest BCUT2D eigenvalue weighted by Crippen LogP contribution is -2.18. The Bertz CT molecular complexity index is 1220. The molecule has 0 saturated heterocycles. The van der Waals surface area contributed by atoms with Crippen LogP contribution in [0.4, 0.5) is 10.2 Å². The maximum absolute atomic E-state index is 15.1. The Kier molecular flexibility index (Phi) is 7.64. The van der Waals surface area contributed by atoms with Crippen LogP contribution in [0.3, 0.4) is 0 Å². The zero-order valence-electron chi connectivity index (χ0n) is 19.8. The molecular weight excluding hydrogens is 453 g/mol. The van der Waals surface area contributed by atoms with E-state index in [9.17, 15) is 9.90 Å². The Morgan fingerprint density at radius 3 is 2.74 bits per heavy atom. The number of rotatable bonds is 10. The molecule has 0 aliphatic carbocycles. The normalized spacial score (nSPS) is 12.3. The molecule has 0 spiro atoms. The van der Waals surface area contributed by atoms with Crippen LogP contribution in [-0.2, 0) is 24.1 Å². The Labute approximate surface area is 203 Å². The quantitative estimate of drug-likeness (QED) is 0.442. The third-order valence-corrected chi connectivity index (χ3v) is 5.77. The van der Waals surface area contributed by atoms with Crippen molar-refractivity contribution in [1.29, 1.82) is 0 Å². The second-order valence-corrected chi connectivity index (χ2v) is 8.16. The van der Waals surface area contributed by atoms with Crippen LogP contribution in [0.25, 0.3) is 11.3 Å². The highest BCUT2D eigenvalue weighted by molar-refractivity contribution is 5.72. The molecule has 1 aromatic heterocycles. The summed E-state index contributed by atoms with van der Waals surface area (Å²) < 4.78 is 31.3. The van der Waals surface area contributed by atoms with Gasteiger partial charge in [0.05, 0.1) is 19.2 Å². The van der Waals surface area contributed by atoms with Gasteiger partial charge in [-0.25, -0.2) is 14.4 Å². The standard InChI is InChI=1S/C26H28FN3O5/c1-3-4-16-11-18(6-5-17(16)12-24(31)32)20-13-23(30-15-29-20)28-8-7-19-21(33-2)14-22-26(25(19)27)35-10-9-34-22/h5-6,11,13-15H,3-4,7-10,12H2,1-2H3,(H,31,32)(H,28,29,30). The molecule has 0 amide bonds. The molecule has 8 nitrogen and oxygen atoms in total. The average molecular weight is 482 g/mol. The number of aryl methyl sites for hydroxylation is 1. The summed E-state index contributed by atoms with van der Waals surface area (Å²) in [5.41, 5.74) is 3.81. The van der Waals surface area contributed by atoms with E-state index in [1.807, 2.05) is 24.3 Å². The molecule has 2 N–H and O–H groups in total. The minimum Gasteiger partial charge on any atom is -0.496 e. The van der Waals surface area contributed by atoms with Gasteiger partial charge >= 0.3 is 5.97 Å². The zero-order chi connectivity index (χ0) is 24.8. The highest BCUT2D eigenvalue weighted by atomic mass is 19.1. The van der Waals surface area contributed by atoms with Crippen molar-refractivity contribution in [2.75, 3.05) is 32.2 Å². The Hall–Kier alpha value is -3.88. The predicted octanol–water partition coefficient (Wildman–Crippen LogP) is 4.30. The Morgan fingerprint density at radius 1 is 1.14 bits per heavy atom. The molecule has 2 aromatic carbocycles. The van der Waals surface area contributed by atoms with Gasteiger partial charge in [0, 0.05) is 29.8 Å². The molecule has 0 unspecified atom stereocenters. The maximum Gasteiger partial charge on any atom is 0.307 e. The van der Waals surface area contributed by atoms with Gasteiger partial charge in [0.15, 0.2) is 17.3 Å². The monoisotopic (exact) mass is 481 g/mol. The van der Waals surface area contributed by atoms with Gasteiger partial charge in [0.25, 0.3) is 0 Å². The van der Waals surface area contributed by atoms with Crippen molar-refractivity contribution in [3.8, 4) is 28.5 Å². The highest BCUT2D eigenvalue weighted by Crippen LogP contribution is 2.40. The third-order valence-electron chi connectivity index (χ3n) is 5.77. The summed E-state index contributed by atoms with van der Waals surface area (Å²) in [5.74, 6) is 0.134. The number of anilines is 1. The first-order valence-electron chi connectivity index (χ1n) is 11.5. The molecule has 1 aliphatic heterocycles. The number of carboxylic acids is 1. The van der Waals surface area contributed by atoms with E-state index in [1.54, 1.807) is 6.07 Å². The first-order chi connectivity index (χ1) is 17.0. The summed E-state index contributed by atoms with van der Waals surface area (Å²) in [4.78, 5) is 19.8. The van der Waals surface area contributed by atoms with Crippen molar-refractivity contribution >= 4 is 11.8 Å². The van der Waals surface area contributed by atoms with Crippen LogP contribution in [0, 0.1) is 5.82 Å². The summed E-state index contributed by atoms with van der Waals surface area (Å²) in [6, 6.07) is 9.18. The number of hydrogen-bond acceptors (Lipinski definition) is 7. The molecule has 0 atom stereocenters. The van der Waals surface area contributed by atoms with Gasteiger partial charge in [0.2, 0.25) is 0 Å². The molecule has 2 heterocycles. The van der Waals surface area contributed by atoms with Gasteiger partial charge in [-0.05, 0) is 30.0 Å². The SMILES string of the molecule is CCCc1cc(-c2cc(NCCc3c(OC)cc4c(c3F)OCCO4)ncn2)ccc1CC(=O)O. The fourth-order valence-electron chi connectivity index (χ4n) is 4.13. The summed E-state index contributed by atoms with van der Waals surface area (Å²) in [5, 5.41) is 12.4. The van der Waals surface area contributed by atoms with E-state index >= 15 is 4.39 Å². The van der Waals surface area contributed by atoms with Gasteiger partial charge < -0.3 is 24.6 Å². The van der Waals surface area contributed by atoms with Crippen LogP contribution in [0.15, 0.2) is 36.7 Å². The topological polar surface area (TPSA) is 103 Å². The van der Waals surface area contributed by atoms with Crippen LogP contribution in [0.5, 0.6) is 17.2 Å². The number of aliphatic carboxylic acids is 1. The molecule has 1 aliphatic rings. The van der Waals surface area contributed by atoms with E-state index in [0.29, 0.717) is 54.8 Å². The summed E-state index contributed by atoms with van der Waals surface area (Å²) in [6.07, 6.45) is 3.50. The average Bonchev–Trinajstić information content (AvgIpc) is 2.86. The molecule has 35 heavy (non-hydrogen) atoms. The molecule has 184 valence electrons. The highest BCUT2D eigenvalue weighted by Gasteiger charge is 2.23. The van der Waals surface area contributed by atoms with Crippen LogP contribution in [-0.4, -0.2) is 47.9 Å². The molecular formula is C26H28FN3O5. The predicted molar refractivity (Wildman–Crippen MR) is 129 cm³/mol. The van der Waals surface area contributed by atoms with Crippen LogP contribution in [0.1, 0.15) is 30.0 Å². The molecule has 0 bridgehead atoms. The fraction of sp³-hybridized carbons (Fsp3) is 0.346. The molecule has 3 aromatic rings. The first-order valence-corrected chi connectivity index (χ1v) is 11.5. The molecule has 9 heteroatoms. The largest absolute Gasteiger partial charge is 0.496 e. The molecule has 4 rings (SSSR count). The number of aromatic nitrogens is 2. The van der Waals surface area contributed by atoms with E-state index in [0.717, 1.165) is 29.5 Å². The van der Waals surface area contributed by atoms with Crippen molar-refractivity contribution in [2.45, 2.75) is 32.6 Å². The third kappa shape index (κ3) is 5.62. The molecule has 0 fully saturated rings. The summed E-state index contributed by atoms with van der Waals surface area (Å²) >= 11 is 0. The van der Waals surface area contributed by atoms with Crippen molar-refractivity contribution in [3.05, 3.63) is 59.2 Å². The number of methoxy groups -OCH3 is 1. The molecule has 0 radical (unpaired) electrons. The van der Waals surface area contributed by atoms with Crippen molar-refractivity contribution in [1.82, 2.24) is 9.97 Å². The Balaban J connectivity index is 1.49. The fourth-order valence-corrected chi connectivity index (χ4v) is 4.13.